The maximum absolute atomic E-state index is 13.8. The molecule has 8 nitrogen and oxygen atoms in total. The molecule has 0 aliphatic rings. The zero-order valence-corrected chi connectivity index (χ0v) is 19.8. The van der Waals surface area contributed by atoms with Gasteiger partial charge in [0.15, 0.2) is 16.6 Å². The number of nitrogens with zero attached hydrogens (tertiary/aromatic N) is 2. The van der Waals surface area contributed by atoms with Crippen molar-refractivity contribution in [2.75, 3.05) is 33.3 Å². The van der Waals surface area contributed by atoms with Gasteiger partial charge < -0.3 is 23.4 Å². The van der Waals surface area contributed by atoms with Crippen molar-refractivity contribution >= 4 is 32.6 Å². The lowest BCUT2D eigenvalue weighted by atomic mass is 10.1. The molecule has 9 heteroatoms. The van der Waals surface area contributed by atoms with Crippen LogP contribution in [-0.4, -0.2) is 39.3 Å². The lowest BCUT2D eigenvalue weighted by molar-refractivity contribution is 0.0982. The number of anilines is 1. The molecule has 0 fully saturated rings. The van der Waals surface area contributed by atoms with Crippen LogP contribution in [0, 0.1) is 6.92 Å². The summed E-state index contributed by atoms with van der Waals surface area (Å²) in [7, 11) is 6.14. The number of aromatic nitrogens is 1. The van der Waals surface area contributed by atoms with Crippen LogP contribution in [0.4, 0.5) is 5.13 Å². The van der Waals surface area contributed by atoms with E-state index in [2.05, 4.69) is 0 Å². The monoisotopic (exact) mass is 468 g/mol. The first-order valence-electron chi connectivity index (χ1n) is 10.1. The summed E-state index contributed by atoms with van der Waals surface area (Å²) >= 11 is 1.42. The quantitative estimate of drug-likeness (QED) is 0.357. The van der Waals surface area contributed by atoms with E-state index in [1.54, 1.807) is 36.5 Å². The van der Waals surface area contributed by atoms with Crippen molar-refractivity contribution in [3.8, 4) is 23.0 Å². The van der Waals surface area contributed by atoms with Crippen LogP contribution in [-0.2, 0) is 6.54 Å². The number of fused-ring (bicyclic) bond motifs is 1. The molecule has 2 aromatic carbocycles. The highest BCUT2D eigenvalue weighted by Gasteiger charge is 2.26. The van der Waals surface area contributed by atoms with Crippen molar-refractivity contribution in [3.05, 3.63) is 59.5 Å². The highest BCUT2D eigenvalue weighted by atomic mass is 32.1. The second-order valence-corrected chi connectivity index (χ2v) is 8.12. The number of aryl methyl sites for hydroxylation is 1. The third-order valence-electron chi connectivity index (χ3n) is 5.19. The number of carbonyl (C=O) groups excluding carboxylic acids is 1. The molecule has 4 aromatic rings. The highest BCUT2D eigenvalue weighted by molar-refractivity contribution is 7.22. The maximum atomic E-state index is 13.8. The molecule has 0 saturated carbocycles. The van der Waals surface area contributed by atoms with Gasteiger partial charge in [0.25, 0.3) is 5.91 Å². The highest BCUT2D eigenvalue weighted by Crippen LogP contribution is 2.40. The average Bonchev–Trinajstić information content (AvgIpc) is 3.52. The summed E-state index contributed by atoms with van der Waals surface area (Å²) in [5.74, 6) is 2.17. The molecule has 0 aliphatic heterocycles. The first kappa shape index (κ1) is 22.5. The predicted octanol–water partition coefficient (Wildman–Crippen LogP) is 5.08. The molecule has 0 aliphatic carbocycles. The molecule has 0 spiro atoms. The lowest BCUT2D eigenvalue weighted by Gasteiger charge is -2.20. The Kier molecular flexibility index (Phi) is 6.41. The first-order chi connectivity index (χ1) is 16.0. The van der Waals surface area contributed by atoms with Crippen molar-refractivity contribution in [1.29, 1.82) is 0 Å². The number of hydrogen-bond acceptors (Lipinski definition) is 8. The van der Waals surface area contributed by atoms with Gasteiger partial charge in [0, 0.05) is 5.56 Å². The summed E-state index contributed by atoms with van der Waals surface area (Å²) in [4.78, 5) is 20.1. The number of thiazole rings is 1. The van der Waals surface area contributed by atoms with Crippen molar-refractivity contribution in [2.24, 2.45) is 0 Å². The largest absolute Gasteiger partial charge is 0.494 e. The second kappa shape index (κ2) is 9.41. The molecule has 0 unspecified atom stereocenters. The van der Waals surface area contributed by atoms with Gasteiger partial charge in [0.1, 0.15) is 17.0 Å². The molecule has 0 radical (unpaired) electrons. The van der Waals surface area contributed by atoms with Crippen molar-refractivity contribution in [3.63, 3.8) is 0 Å². The molecule has 0 N–H and O–H groups in total. The standard InChI is InChI=1S/C24H24N2O6S/c1-14-8-9-17(28-2)20-22(14)33-24(25-20)26(13-16-7-6-10-32-16)23(27)15-11-18(29-3)21(31-5)19(12-15)30-4/h6-12H,13H2,1-5H3. The summed E-state index contributed by atoms with van der Waals surface area (Å²) in [6, 6.07) is 10.7. The number of hydrogen-bond donors (Lipinski definition) is 0. The minimum absolute atomic E-state index is 0.198. The van der Waals surface area contributed by atoms with E-state index in [0.29, 0.717) is 45.0 Å². The third kappa shape index (κ3) is 4.19. The van der Waals surface area contributed by atoms with Crippen LogP contribution >= 0.6 is 11.3 Å². The molecule has 0 bridgehead atoms. The second-order valence-electron chi connectivity index (χ2n) is 7.14. The Morgan fingerprint density at radius 2 is 1.70 bits per heavy atom. The van der Waals surface area contributed by atoms with E-state index in [1.807, 2.05) is 25.1 Å². The van der Waals surface area contributed by atoms with Crippen molar-refractivity contribution in [1.82, 2.24) is 4.98 Å². The number of ether oxygens (including phenoxy) is 4. The van der Waals surface area contributed by atoms with Gasteiger partial charge in [-0.25, -0.2) is 4.98 Å². The fourth-order valence-electron chi connectivity index (χ4n) is 3.52. The fraction of sp³-hybridized carbons (Fsp3) is 0.250. The Bertz CT molecular complexity index is 1260. The van der Waals surface area contributed by atoms with E-state index >= 15 is 0 Å². The van der Waals surface area contributed by atoms with E-state index in [1.165, 1.54) is 32.7 Å². The molecule has 2 aromatic heterocycles. The van der Waals surface area contributed by atoms with Gasteiger partial charge >= 0.3 is 0 Å². The molecule has 172 valence electrons. The van der Waals surface area contributed by atoms with Crippen LogP contribution in [0.2, 0.25) is 0 Å². The SMILES string of the molecule is COc1cc(C(=O)N(Cc2ccco2)c2nc3c(OC)ccc(C)c3s2)cc(OC)c1OC. The van der Waals surface area contributed by atoms with Gasteiger partial charge in [0.2, 0.25) is 5.75 Å². The van der Waals surface area contributed by atoms with E-state index < -0.39 is 0 Å². The Morgan fingerprint density at radius 1 is 1.00 bits per heavy atom. The van der Waals surface area contributed by atoms with E-state index in [0.717, 1.165) is 10.3 Å². The van der Waals surface area contributed by atoms with Crippen molar-refractivity contribution < 1.29 is 28.2 Å². The molecule has 33 heavy (non-hydrogen) atoms. The van der Waals surface area contributed by atoms with Crippen LogP contribution in [0.25, 0.3) is 10.2 Å². The molecule has 0 saturated heterocycles. The topological polar surface area (TPSA) is 83.3 Å². The van der Waals surface area contributed by atoms with Gasteiger partial charge in [-0.05, 0) is 42.8 Å². The number of furan rings is 1. The van der Waals surface area contributed by atoms with Crippen molar-refractivity contribution in [2.45, 2.75) is 13.5 Å². The molecular weight excluding hydrogens is 444 g/mol. The number of benzene rings is 2. The molecule has 2 heterocycles. The average molecular weight is 469 g/mol. The summed E-state index contributed by atoms with van der Waals surface area (Å²) in [5, 5.41) is 0.521. The summed E-state index contributed by atoms with van der Waals surface area (Å²) in [6.07, 6.45) is 1.57. The van der Waals surface area contributed by atoms with Crippen LogP contribution in [0.5, 0.6) is 23.0 Å². The lowest BCUT2D eigenvalue weighted by Crippen LogP contribution is -2.30. The Hall–Kier alpha value is -3.72. The minimum atomic E-state index is -0.290. The smallest absolute Gasteiger partial charge is 0.260 e. The van der Waals surface area contributed by atoms with E-state index in [9.17, 15) is 4.79 Å². The number of carbonyl (C=O) groups is 1. The third-order valence-corrected chi connectivity index (χ3v) is 6.41. The Morgan fingerprint density at radius 3 is 2.27 bits per heavy atom. The maximum Gasteiger partial charge on any atom is 0.260 e. The van der Waals surface area contributed by atoms with Crippen LogP contribution in [0.3, 0.4) is 0 Å². The zero-order chi connectivity index (χ0) is 23.5. The van der Waals surface area contributed by atoms with E-state index in [4.69, 9.17) is 28.3 Å². The molecular formula is C24H24N2O6S. The van der Waals surface area contributed by atoms with Gasteiger partial charge in [0.05, 0.1) is 45.9 Å². The fourth-order valence-corrected chi connectivity index (χ4v) is 4.57. The van der Waals surface area contributed by atoms with Gasteiger partial charge in [-0.1, -0.05) is 17.4 Å². The van der Waals surface area contributed by atoms with Crippen LogP contribution < -0.4 is 23.8 Å². The van der Waals surface area contributed by atoms with Gasteiger partial charge in [-0.3, -0.25) is 9.69 Å². The zero-order valence-electron chi connectivity index (χ0n) is 19.0. The molecule has 0 atom stereocenters. The van der Waals surface area contributed by atoms with Gasteiger partial charge in [-0.2, -0.15) is 0 Å². The summed E-state index contributed by atoms with van der Waals surface area (Å²) < 4.78 is 28.2. The predicted molar refractivity (Wildman–Crippen MR) is 126 cm³/mol. The van der Waals surface area contributed by atoms with E-state index in [-0.39, 0.29) is 12.5 Å². The first-order valence-corrected chi connectivity index (χ1v) is 10.9. The minimum Gasteiger partial charge on any atom is -0.494 e. The Balaban J connectivity index is 1.84. The van der Waals surface area contributed by atoms with Gasteiger partial charge in [-0.15, -0.1) is 0 Å². The Labute approximate surface area is 195 Å². The number of methoxy groups -OCH3 is 4. The van der Waals surface area contributed by atoms with Crippen LogP contribution in [0.1, 0.15) is 21.7 Å². The summed E-state index contributed by atoms with van der Waals surface area (Å²) in [6.45, 7) is 2.20. The number of rotatable bonds is 8. The molecule has 4 rings (SSSR count). The normalized spacial score (nSPS) is 10.8. The number of amides is 1. The van der Waals surface area contributed by atoms with Crippen LogP contribution in [0.15, 0.2) is 47.1 Å². The summed E-state index contributed by atoms with van der Waals surface area (Å²) in [5.41, 5.74) is 2.12. The molecule has 1 amide bonds.